The minimum atomic E-state index is -1.47. The van der Waals surface area contributed by atoms with Crippen molar-refractivity contribution in [2.45, 2.75) is 51.4 Å². The number of aryl methyl sites for hydroxylation is 2. The molecule has 0 atom stereocenters. The van der Waals surface area contributed by atoms with Gasteiger partial charge < -0.3 is 0 Å². The molecule has 0 N–H and O–H groups in total. The summed E-state index contributed by atoms with van der Waals surface area (Å²) in [6, 6.07) is 37.6. The molecule has 8 heteroatoms. The Morgan fingerprint density at radius 3 is 1.41 bits per heavy atom. The Balaban J connectivity index is 1.01. The number of rotatable bonds is 10. The molecule has 1 aliphatic rings. The Morgan fingerprint density at radius 2 is 0.957 bits per heavy atom. The normalized spacial score (nSPS) is 14.0. The third-order valence-electron chi connectivity index (χ3n) is 8.88. The summed E-state index contributed by atoms with van der Waals surface area (Å²) in [5.74, 6) is 3.29. The molecule has 2 heterocycles. The van der Waals surface area contributed by atoms with E-state index in [1.54, 1.807) is 0 Å². The van der Waals surface area contributed by atoms with Crippen molar-refractivity contribution in [1.29, 1.82) is 0 Å². The third kappa shape index (κ3) is 6.66. The maximum absolute atomic E-state index is 6.16. The van der Waals surface area contributed by atoms with Gasteiger partial charge in [0.05, 0.1) is 0 Å². The van der Waals surface area contributed by atoms with Crippen molar-refractivity contribution < 1.29 is 14.1 Å². The first-order valence-corrected chi connectivity index (χ1v) is 19.8. The molecule has 226 valence electrons. The van der Waals surface area contributed by atoms with Crippen LogP contribution in [0.1, 0.15) is 54.6 Å². The van der Waals surface area contributed by atoms with E-state index in [4.69, 9.17) is 14.1 Å². The summed E-state index contributed by atoms with van der Waals surface area (Å²) in [6.07, 6.45) is 5.98. The van der Waals surface area contributed by atoms with Crippen LogP contribution in [0.2, 0.25) is 0 Å². The van der Waals surface area contributed by atoms with Crippen molar-refractivity contribution in [2.24, 2.45) is 0 Å². The van der Waals surface area contributed by atoms with Gasteiger partial charge in [-0.15, -0.1) is 0 Å². The van der Waals surface area contributed by atoms with E-state index in [-0.39, 0.29) is 5.41 Å². The summed E-state index contributed by atoms with van der Waals surface area (Å²) in [5, 5.41) is 2.15. The second-order valence-corrected chi connectivity index (χ2v) is 14.7. The van der Waals surface area contributed by atoms with Gasteiger partial charge in [-0.2, -0.15) is 0 Å². The van der Waals surface area contributed by atoms with Crippen molar-refractivity contribution in [2.75, 3.05) is 0 Å². The predicted octanol–water partition coefficient (Wildman–Crippen LogP) is 8.63. The molecule has 6 aromatic rings. The Kier molecular flexibility index (Phi) is 9.30. The number of hydrogen-bond acceptors (Lipinski definition) is 6. The third-order valence-corrected chi connectivity index (χ3v) is 11.9. The van der Waals surface area contributed by atoms with Crippen LogP contribution in [0.25, 0.3) is 21.8 Å². The molecule has 6 nitrogen and oxygen atoms in total. The van der Waals surface area contributed by atoms with E-state index in [1.165, 1.54) is 30.4 Å². The van der Waals surface area contributed by atoms with Crippen molar-refractivity contribution in [3.8, 4) is 23.0 Å². The van der Waals surface area contributed by atoms with Gasteiger partial charge in [-0.1, -0.05) is 0 Å². The summed E-state index contributed by atoms with van der Waals surface area (Å²) < 4.78 is 24.6. The van der Waals surface area contributed by atoms with Gasteiger partial charge in [-0.25, -0.2) is 0 Å². The van der Waals surface area contributed by atoms with Crippen molar-refractivity contribution in [3.05, 3.63) is 132 Å². The average Bonchev–Trinajstić information content (AvgIpc) is 3.09. The van der Waals surface area contributed by atoms with Crippen LogP contribution in [0.4, 0.5) is 0 Å². The van der Waals surface area contributed by atoms with Crippen molar-refractivity contribution in [3.63, 3.8) is 0 Å². The van der Waals surface area contributed by atoms with E-state index >= 15 is 0 Å². The van der Waals surface area contributed by atoms with Gasteiger partial charge in [0.15, 0.2) is 0 Å². The Hall–Kier alpha value is -3.83. The monoisotopic (exact) mass is 720 g/mol. The summed E-state index contributed by atoms with van der Waals surface area (Å²) in [4.78, 5) is 9.35. The molecule has 0 spiro atoms. The van der Waals surface area contributed by atoms with Gasteiger partial charge in [-0.05, 0) is 0 Å². The fraction of sp³-hybridized carbons (Fsp3) is 0.211. The van der Waals surface area contributed by atoms with Crippen LogP contribution < -0.4 is 14.1 Å². The van der Waals surface area contributed by atoms with E-state index in [9.17, 15) is 0 Å². The van der Waals surface area contributed by atoms with E-state index in [0.29, 0.717) is 0 Å². The van der Waals surface area contributed by atoms with Gasteiger partial charge in [0.1, 0.15) is 0 Å². The number of benzene rings is 4. The van der Waals surface area contributed by atoms with Gasteiger partial charge in [-0.3, -0.25) is 0 Å². The molecule has 1 aliphatic carbocycles. The second-order valence-electron chi connectivity index (χ2n) is 11.9. The van der Waals surface area contributed by atoms with Crippen LogP contribution in [-0.2, 0) is 5.41 Å². The molecule has 4 aromatic carbocycles. The number of pyridine rings is 2. The Morgan fingerprint density at radius 1 is 0.500 bits per heavy atom. The van der Waals surface area contributed by atoms with E-state index < -0.39 is 36.3 Å². The molecule has 1 fully saturated rings. The first kappa shape index (κ1) is 30.8. The summed E-state index contributed by atoms with van der Waals surface area (Å²) in [5.41, 5.74) is 6.39. The fourth-order valence-electron chi connectivity index (χ4n) is 6.49. The number of hydrogen-bond donors (Lipinski definition) is 0. The van der Waals surface area contributed by atoms with E-state index in [2.05, 4.69) is 82.8 Å². The summed E-state index contributed by atoms with van der Waals surface area (Å²) in [6.45, 7) is 4.00. The standard InChI is InChI=1S/C18H20O2.2C10H9NO.2Ga/c19-16-8-4-14(5-9-16)18(12-2-1-3-13-18)15-6-10-17(20)11-7-15;2*1-7-5-6-8-3-2-4-9(12)10(8)11-7;;/h4-11,19-20H,1-3,12-13H2;2*2-6,12H,1H3;;/q;;;2*+2/p-4. The van der Waals surface area contributed by atoms with Crippen LogP contribution in [0, 0.1) is 13.8 Å². The van der Waals surface area contributed by atoms with Gasteiger partial charge in [0.2, 0.25) is 0 Å². The maximum atomic E-state index is 6.16. The molecule has 2 radical (unpaired) electrons. The van der Waals surface area contributed by atoms with E-state index in [1.807, 2.05) is 50.2 Å². The zero-order chi connectivity index (χ0) is 31.3. The van der Waals surface area contributed by atoms with Crippen LogP contribution in [0.3, 0.4) is 0 Å². The van der Waals surface area contributed by atoms with Crippen LogP contribution in [0.15, 0.2) is 109 Å². The topological polar surface area (TPSA) is 62.7 Å². The summed E-state index contributed by atoms with van der Waals surface area (Å²) in [7, 11) is 0. The fourth-order valence-corrected chi connectivity index (χ4v) is 9.05. The van der Waals surface area contributed by atoms with E-state index in [0.717, 1.165) is 69.0 Å². The number of fused-ring (bicyclic) bond motifs is 2. The molecular formula is C38H34Ga2N2O4. The Labute approximate surface area is 286 Å². The van der Waals surface area contributed by atoms with Gasteiger partial charge in [0.25, 0.3) is 0 Å². The molecule has 0 amide bonds. The molecule has 7 rings (SSSR count). The van der Waals surface area contributed by atoms with Crippen molar-refractivity contribution in [1.82, 2.24) is 9.97 Å². The molecule has 0 bridgehead atoms. The van der Waals surface area contributed by atoms with Gasteiger partial charge in [0, 0.05) is 0 Å². The zero-order valence-corrected chi connectivity index (χ0v) is 31.0. The number of nitrogens with zero attached hydrogens (tertiary/aromatic N) is 2. The number of para-hydroxylation sites is 2. The van der Waals surface area contributed by atoms with Crippen LogP contribution >= 0.6 is 0 Å². The quantitative estimate of drug-likeness (QED) is 0.132. The predicted molar refractivity (Wildman–Crippen MR) is 184 cm³/mol. The van der Waals surface area contributed by atoms with Crippen molar-refractivity contribution >= 4 is 58.1 Å². The molecule has 2 aromatic heterocycles. The second kappa shape index (κ2) is 13.9. The SMILES string of the molecule is Cc1ccc2cccc([O][Ga][O]c3ccc(C4(c5ccc([O][Ga][O]c6cccc7ccc(C)nc67)cc5)CCCCC4)cc3)c2n1. The molecule has 0 unspecified atom stereocenters. The summed E-state index contributed by atoms with van der Waals surface area (Å²) >= 11 is -2.94. The molecule has 46 heavy (non-hydrogen) atoms. The zero-order valence-electron chi connectivity index (χ0n) is 26.1. The number of aromatic nitrogens is 2. The molecule has 1 saturated carbocycles. The van der Waals surface area contributed by atoms with Crippen LogP contribution in [-0.4, -0.2) is 46.2 Å². The first-order valence-electron chi connectivity index (χ1n) is 15.8. The first-order chi connectivity index (χ1) is 22.6. The molecule has 0 saturated heterocycles. The van der Waals surface area contributed by atoms with Gasteiger partial charge >= 0.3 is 288 Å². The average molecular weight is 722 g/mol. The Bertz CT molecular complexity index is 1820. The molecular weight excluding hydrogens is 688 g/mol. The molecule has 0 aliphatic heterocycles. The minimum absolute atomic E-state index is 0.0149. The van der Waals surface area contributed by atoms with Crippen LogP contribution in [0.5, 0.6) is 23.0 Å².